The largest absolute Gasteiger partial charge is 0.364 e. The second kappa shape index (κ2) is 8.04. The van der Waals surface area contributed by atoms with Gasteiger partial charge in [0.05, 0.1) is 5.69 Å². The maximum Gasteiger partial charge on any atom is 0.216 e. The molecule has 0 fully saturated rings. The molecule has 6 heteroatoms. The quantitative estimate of drug-likeness (QED) is 0.475. The van der Waals surface area contributed by atoms with Crippen molar-refractivity contribution in [3.05, 3.63) is 53.2 Å². The van der Waals surface area contributed by atoms with E-state index in [9.17, 15) is 13.9 Å². The molecule has 1 atom stereocenters. The van der Waals surface area contributed by atoms with Crippen LogP contribution < -0.4 is 0 Å². The topological polar surface area (TPSA) is 42.4 Å². The minimum absolute atomic E-state index is 0.221. The fourth-order valence-corrected chi connectivity index (χ4v) is 2.17. The second-order valence-corrected chi connectivity index (χ2v) is 4.55. The highest BCUT2D eigenvalue weighted by Crippen LogP contribution is 2.24. The van der Waals surface area contributed by atoms with Crippen molar-refractivity contribution in [2.75, 3.05) is 6.61 Å². The normalized spacial score (nSPS) is 13.4. The molecule has 3 nitrogen and oxygen atoms in total. The monoisotopic (exact) mass is 287 g/mol. The molecule has 19 heavy (non-hydrogen) atoms. The summed E-state index contributed by atoms with van der Waals surface area (Å²) in [6.45, 7) is 5.64. The summed E-state index contributed by atoms with van der Waals surface area (Å²) >= 11 is 1.18. The fraction of sp³-hybridized carbons (Fsp3) is 0.308. The van der Waals surface area contributed by atoms with Crippen LogP contribution in [0.1, 0.15) is 12.6 Å². The molecule has 0 saturated carbocycles. The van der Waals surface area contributed by atoms with Crippen molar-refractivity contribution in [2.24, 2.45) is 0 Å². The third kappa shape index (κ3) is 5.50. The number of aromatic nitrogens is 1. The summed E-state index contributed by atoms with van der Waals surface area (Å²) in [6, 6.07) is 1.86. The molecule has 0 spiro atoms. The Hall–Kier alpha value is -1.24. The van der Waals surface area contributed by atoms with Crippen molar-refractivity contribution in [3.8, 4) is 0 Å². The number of pyridine rings is 1. The van der Waals surface area contributed by atoms with Gasteiger partial charge in [-0.15, -0.1) is 11.8 Å². The van der Waals surface area contributed by atoms with E-state index in [0.717, 1.165) is 6.07 Å². The van der Waals surface area contributed by atoms with Crippen molar-refractivity contribution >= 4 is 11.8 Å². The van der Waals surface area contributed by atoms with Crippen LogP contribution in [0.3, 0.4) is 0 Å². The van der Waals surface area contributed by atoms with Gasteiger partial charge in [-0.05, 0) is 19.1 Å². The smallest absolute Gasteiger partial charge is 0.216 e. The van der Waals surface area contributed by atoms with Crippen LogP contribution in [-0.4, -0.2) is 23.0 Å². The zero-order valence-electron chi connectivity index (χ0n) is 10.5. The highest BCUT2D eigenvalue weighted by Gasteiger charge is 2.12. The van der Waals surface area contributed by atoms with Crippen molar-refractivity contribution in [1.29, 1.82) is 0 Å². The minimum Gasteiger partial charge on any atom is -0.364 e. The van der Waals surface area contributed by atoms with Crippen molar-refractivity contribution < 1.29 is 18.6 Å². The average molecular weight is 287 g/mol. The third-order valence-electron chi connectivity index (χ3n) is 2.05. The van der Waals surface area contributed by atoms with Gasteiger partial charge in [-0.1, -0.05) is 12.7 Å². The van der Waals surface area contributed by atoms with Gasteiger partial charge in [-0.3, -0.25) is 0 Å². The van der Waals surface area contributed by atoms with Gasteiger partial charge in [0.15, 0.2) is 6.29 Å². The van der Waals surface area contributed by atoms with E-state index < -0.39 is 18.1 Å². The van der Waals surface area contributed by atoms with E-state index >= 15 is 0 Å². The summed E-state index contributed by atoms with van der Waals surface area (Å²) in [5, 5.41) is 9.70. The summed E-state index contributed by atoms with van der Waals surface area (Å²) in [6.07, 6.45) is 2.01. The Labute approximate surface area is 115 Å². The third-order valence-corrected chi connectivity index (χ3v) is 3.16. The number of thioether (sulfide) groups is 1. The van der Waals surface area contributed by atoms with Crippen LogP contribution in [0.25, 0.3) is 0 Å². The van der Waals surface area contributed by atoms with Gasteiger partial charge in [0.25, 0.3) is 0 Å². The highest BCUT2D eigenvalue weighted by molar-refractivity contribution is 8.02. The molecule has 0 aliphatic heterocycles. The lowest BCUT2D eigenvalue weighted by Crippen LogP contribution is -2.13. The zero-order valence-corrected chi connectivity index (χ0v) is 11.3. The molecule has 1 N–H and O–H groups in total. The first kappa shape index (κ1) is 15.8. The van der Waals surface area contributed by atoms with Crippen molar-refractivity contribution in [2.45, 2.75) is 19.0 Å². The second-order valence-electron chi connectivity index (χ2n) is 3.50. The molecule has 1 aromatic heterocycles. The van der Waals surface area contributed by atoms with E-state index in [0.29, 0.717) is 17.6 Å². The van der Waals surface area contributed by atoms with Crippen LogP contribution in [0.2, 0.25) is 0 Å². The van der Waals surface area contributed by atoms with E-state index in [1.807, 2.05) is 0 Å². The lowest BCUT2D eigenvalue weighted by Gasteiger charge is -2.13. The first-order valence-corrected chi connectivity index (χ1v) is 6.62. The van der Waals surface area contributed by atoms with Gasteiger partial charge in [-0.25, -0.2) is 9.37 Å². The van der Waals surface area contributed by atoms with Crippen LogP contribution in [0.4, 0.5) is 8.78 Å². The molecule has 0 aliphatic rings. The minimum atomic E-state index is -1.08. The van der Waals surface area contributed by atoms with Crippen LogP contribution >= 0.6 is 11.8 Å². The molecule has 0 saturated heterocycles. The zero-order chi connectivity index (χ0) is 14.3. The van der Waals surface area contributed by atoms with E-state index in [1.165, 1.54) is 17.8 Å². The van der Waals surface area contributed by atoms with Crippen molar-refractivity contribution in [3.63, 3.8) is 0 Å². The molecular formula is C13H15F2NO2S. The molecular weight excluding hydrogens is 272 g/mol. The molecule has 104 valence electrons. The molecule has 0 radical (unpaired) electrons. The summed E-state index contributed by atoms with van der Waals surface area (Å²) in [5.74, 6) is -1.32. The lowest BCUT2D eigenvalue weighted by molar-refractivity contribution is -0.0613. The number of aliphatic hydroxyl groups excluding tert-OH is 1. The Balaban J connectivity index is 2.71. The van der Waals surface area contributed by atoms with Gasteiger partial charge in [0.1, 0.15) is 5.82 Å². The van der Waals surface area contributed by atoms with Crippen molar-refractivity contribution in [1.82, 2.24) is 4.98 Å². The van der Waals surface area contributed by atoms with Crippen LogP contribution in [0.5, 0.6) is 0 Å². The number of hydrogen-bond acceptors (Lipinski definition) is 4. The SMILES string of the molecule is C=C/C=C(\SCc1cc(F)cc(F)n1)C(O)OCC. The number of halogens is 2. The lowest BCUT2D eigenvalue weighted by atomic mass is 10.4. The summed E-state index contributed by atoms with van der Waals surface area (Å²) in [7, 11) is 0. The Kier molecular flexibility index (Phi) is 6.69. The number of aliphatic hydroxyl groups is 1. The Morgan fingerprint density at radius 3 is 2.89 bits per heavy atom. The van der Waals surface area contributed by atoms with E-state index in [4.69, 9.17) is 4.74 Å². The van der Waals surface area contributed by atoms with Gasteiger partial charge < -0.3 is 9.84 Å². The highest BCUT2D eigenvalue weighted by atomic mass is 32.2. The maximum atomic E-state index is 13.0. The van der Waals surface area contributed by atoms with Gasteiger partial charge >= 0.3 is 0 Å². The predicted octanol–water partition coefficient (Wildman–Crippen LogP) is 3.02. The first-order chi connectivity index (χ1) is 9.06. The molecule has 1 heterocycles. The summed E-state index contributed by atoms with van der Waals surface area (Å²) < 4.78 is 30.9. The molecule has 1 rings (SSSR count). The number of hydrogen-bond donors (Lipinski definition) is 1. The molecule has 1 unspecified atom stereocenters. The fourth-order valence-electron chi connectivity index (χ4n) is 1.31. The number of nitrogens with zero attached hydrogens (tertiary/aromatic N) is 1. The standard InChI is InChI=1S/C13H15F2NO2S/c1-3-5-11(13(17)18-4-2)19-8-10-6-9(14)7-12(15)16-10/h3,5-7,13,17H,1,4,8H2,2H3/b11-5-. The molecule has 0 aliphatic carbocycles. The number of ether oxygens (including phenoxy) is 1. The summed E-state index contributed by atoms with van der Waals surface area (Å²) in [5.41, 5.74) is 0.251. The number of allylic oxidation sites excluding steroid dienone is 2. The van der Waals surface area contributed by atoms with E-state index in [-0.39, 0.29) is 11.4 Å². The molecule has 1 aromatic rings. The van der Waals surface area contributed by atoms with E-state index in [1.54, 1.807) is 13.0 Å². The summed E-state index contributed by atoms with van der Waals surface area (Å²) in [4.78, 5) is 4.07. The molecule has 0 aromatic carbocycles. The Bertz CT molecular complexity index is 446. The van der Waals surface area contributed by atoms with Gasteiger partial charge in [0, 0.05) is 23.3 Å². The average Bonchev–Trinajstić information content (AvgIpc) is 2.33. The van der Waals surface area contributed by atoms with Gasteiger partial charge in [-0.2, -0.15) is 4.39 Å². The predicted molar refractivity (Wildman–Crippen MR) is 71.4 cm³/mol. The van der Waals surface area contributed by atoms with Crippen LogP contribution in [0.15, 0.2) is 35.8 Å². The Morgan fingerprint density at radius 2 is 2.32 bits per heavy atom. The molecule has 0 amide bonds. The first-order valence-electron chi connectivity index (χ1n) is 5.63. The van der Waals surface area contributed by atoms with Crippen LogP contribution in [-0.2, 0) is 10.5 Å². The van der Waals surface area contributed by atoms with E-state index in [2.05, 4.69) is 11.6 Å². The van der Waals surface area contributed by atoms with Crippen LogP contribution in [0, 0.1) is 11.8 Å². The molecule has 0 bridgehead atoms. The Morgan fingerprint density at radius 1 is 1.58 bits per heavy atom. The number of rotatable bonds is 7. The maximum absolute atomic E-state index is 13.0. The van der Waals surface area contributed by atoms with Gasteiger partial charge in [0.2, 0.25) is 5.95 Å².